The molecule has 1 aliphatic heterocycles. The number of nitrogens with two attached hydrogens (primary N) is 1. The first-order chi connectivity index (χ1) is 11.2. The van der Waals surface area contributed by atoms with Crippen LogP contribution < -0.4 is 10.6 Å². The van der Waals surface area contributed by atoms with E-state index in [1.54, 1.807) is 15.5 Å². The van der Waals surface area contributed by atoms with Crippen molar-refractivity contribution in [2.24, 2.45) is 18.7 Å². The fraction of sp³-hybridized carbons (Fsp3) is 0.467. The molecule has 4 rings (SSSR count). The summed E-state index contributed by atoms with van der Waals surface area (Å²) in [5.74, 6) is 1.50. The third kappa shape index (κ3) is 2.55. The predicted octanol–water partition coefficient (Wildman–Crippen LogP) is 0.700. The van der Waals surface area contributed by atoms with E-state index in [0.717, 1.165) is 55.2 Å². The quantitative estimate of drug-likeness (QED) is 0.765. The van der Waals surface area contributed by atoms with E-state index in [1.165, 1.54) is 0 Å². The van der Waals surface area contributed by atoms with Gasteiger partial charge in [-0.25, -0.2) is 14.5 Å². The first-order valence-corrected chi connectivity index (χ1v) is 7.89. The van der Waals surface area contributed by atoms with Crippen LogP contribution in [0.1, 0.15) is 12.8 Å². The molecule has 8 nitrogen and oxygen atoms in total. The van der Waals surface area contributed by atoms with Crippen LogP contribution in [0, 0.1) is 5.92 Å². The molecule has 2 N–H and O–H groups in total. The normalized spacial score (nSPS) is 16.3. The lowest BCUT2D eigenvalue weighted by atomic mass is 9.97. The van der Waals surface area contributed by atoms with Crippen molar-refractivity contribution >= 4 is 11.5 Å². The van der Waals surface area contributed by atoms with E-state index < -0.39 is 0 Å². The first-order valence-electron chi connectivity index (χ1n) is 7.89. The average molecular weight is 312 g/mol. The van der Waals surface area contributed by atoms with Gasteiger partial charge in [0.05, 0.1) is 18.1 Å². The second-order valence-corrected chi connectivity index (χ2v) is 6.05. The predicted molar refractivity (Wildman–Crippen MR) is 87.0 cm³/mol. The molecule has 0 atom stereocenters. The van der Waals surface area contributed by atoms with Crippen LogP contribution in [0.15, 0.2) is 24.9 Å². The van der Waals surface area contributed by atoms with Gasteiger partial charge in [-0.05, 0) is 25.3 Å². The summed E-state index contributed by atoms with van der Waals surface area (Å²) in [5.41, 5.74) is 8.42. The largest absolute Gasteiger partial charge is 0.353 e. The number of anilines is 1. The van der Waals surface area contributed by atoms with Gasteiger partial charge in [-0.2, -0.15) is 10.2 Å². The first kappa shape index (κ1) is 14.1. The molecule has 8 heteroatoms. The molecule has 0 spiro atoms. The van der Waals surface area contributed by atoms with Crippen molar-refractivity contribution in [2.75, 3.05) is 24.5 Å². The Hall–Kier alpha value is -2.48. The zero-order valence-corrected chi connectivity index (χ0v) is 13.1. The molecule has 1 saturated heterocycles. The van der Waals surface area contributed by atoms with Gasteiger partial charge in [-0.3, -0.25) is 4.68 Å². The Labute approximate surface area is 133 Å². The number of hydrogen-bond donors (Lipinski definition) is 1. The van der Waals surface area contributed by atoms with Crippen molar-refractivity contribution in [3.63, 3.8) is 0 Å². The average Bonchev–Trinajstić information content (AvgIpc) is 3.22. The lowest BCUT2D eigenvalue weighted by Gasteiger charge is -2.32. The highest BCUT2D eigenvalue weighted by Gasteiger charge is 2.22. The monoisotopic (exact) mass is 312 g/mol. The van der Waals surface area contributed by atoms with Crippen molar-refractivity contribution in [2.45, 2.75) is 12.8 Å². The molecule has 0 unspecified atom stereocenters. The Morgan fingerprint density at radius 1 is 1.22 bits per heavy atom. The molecule has 0 amide bonds. The van der Waals surface area contributed by atoms with Gasteiger partial charge in [0.25, 0.3) is 0 Å². The zero-order chi connectivity index (χ0) is 15.8. The van der Waals surface area contributed by atoms with Crippen LogP contribution in [0.25, 0.3) is 16.9 Å². The number of aryl methyl sites for hydroxylation is 1. The summed E-state index contributed by atoms with van der Waals surface area (Å²) in [4.78, 5) is 11.5. The number of fused-ring (bicyclic) bond motifs is 1. The highest BCUT2D eigenvalue weighted by atomic mass is 15.3. The minimum Gasteiger partial charge on any atom is -0.353 e. The van der Waals surface area contributed by atoms with Gasteiger partial charge >= 0.3 is 0 Å². The molecule has 23 heavy (non-hydrogen) atoms. The Balaban J connectivity index is 1.74. The molecule has 3 aromatic heterocycles. The van der Waals surface area contributed by atoms with E-state index in [0.29, 0.717) is 5.92 Å². The van der Waals surface area contributed by atoms with Crippen LogP contribution in [0.4, 0.5) is 5.82 Å². The lowest BCUT2D eigenvalue weighted by molar-refractivity contribution is 0.413. The van der Waals surface area contributed by atoms with Gasteiger partial charge in [0, 0.05) is 31.9 Å². The third-order valence-electron chi connectivity index (χ3n) is 4.49. The fourth-order valence-electron chi connectivity index (χ4n) is 3.10. The van der Waals surface area contributed by atoms with Crippen LogP contribution in [0.5, 0.6) is 0 Å². The van der Waals surface area contributed by atoms with E-state index in [2.05, 4.69) is 20.1 Å². The van der Waals surface area contributed by atoms with E-state index >= 15 is 0 Å². The highest BCUT2D eigenvalue weighted by Crippen LogP contribution is 2.27. The lowest BCUT2D eigenvalue weighted by Crippen LogP contribution is -2.36. The Morgan fingerprint density at radius 3 is 2.74 bits per heavy atom. The molecule has 0 radical (unpaired) electrons. The Bertz CT molecular complexity index is 812. The van der Waals surface area contributed by atoms with Gasteiger partial charge in [0.1, 0.15) is 6.33 Å². The van der Waals surface area contributed by atoms with Crippen LogP contribution in [-0.4, -0.2) is 49.0 Å². The molecule has 4 heterocycles. The zero-order valence-electron chi connectivity index (χ0n) is 13.1. The van der Waals surface area contributed by atoms with Crippen LogP contribution in [0.2, 0.25) is 0 Å². The second-order valence-electron chi connectivity index (χ2n) is 6.05. The van der Waals surface area contributed by atoms with Crippen molar-refractivity contribution in [3.05, 3.63) is 24.9 Å². The molecule has 0 aliphatic carbocycles. The fourth-order valence-corrected chi connectivity index (χ4v) is 3.10. The van der Waals surface area contributed by atoms with E-state index in [9.17, 15) is 0 Å². The Morgan fingerprint density at radius 2 is 2.04 bits per heavy atom. The molecule has 1 aliphatic rings. The molecule has 0 saturated carbocycles. The number of hydrogen-bond acceptors (Lipinski definition) is 6. The summed E-state index contributed by atoms with van der Waals surface area (Å²) in [7, 11) is 1.90. The molecule has 1 fully saturated rings. The summed E-state index contributed by atoms with van der Waals surface area (Å²) < 4.78 is 3.56. The molecule has 0 bridgehead atoms. The smallest absolute Gasteiger partial charge is 0.198 e. The van der Waals surface area contributed by atoms with E-state index in [4.69, 9.17) is 10.7 Å². The van der Waals surface area contributed by atoms with Crippen molar-refractivity contribution in [1.82, 2.24) is 29.4 Å². The summed E-state index contributed by atoms with van der Waals surface area (Å²) >= 11 is 0. The van der Waals surface area contributed by atoms with Crippen molar-refractivity contribution in [1.29, 1.82) is 0 Å². The molecule has 3 aromatic rings. The second kappa shape index (κ2) is 5.62. The molecule has 120 valence electrons. The summed E-state index contributed by atoms with van der Waals surface area (Å²) in [6, 6.07) is 0. The minimum atomic E-state index is 0.613. The minimum absolute atomic E-state index is 0.613. The summed E-state index contributed by atoms with van der Waals surface area (Å²) in [6.07, 6.45) is 9.42. The number of piperidine rings is 1. The number of aromatic nitrogens is 6. The van der Waals surface area contributed by atoms with Gasteiger partial charge in [0.2, 0.25) is 0 Å². The van der Waals surface area contributed by atoms with Gasteiger partial charge < -0.3 is 10.6 Å². The van der Waals surface area contributed by atoms with Gasteiger partial charge in [0.15, 0.2) is 11.5 Å². The van der Waals surface area contributed by atoms with Crippen LogP contribution >= 0.6 is 0 Å². The van der Waals surface area contributed by atoms with Crippen LogP contribution in [-0.2, 0) is 7.05 Å². The van der Waals surface area contributed by atoms with Gasteiger partial charge in [-0.1, -0.05) is 0 Å². The van der Waals surface area contributed by atoms with Gasteiger partial charge in [-0.15, -0.1) is 0 Å². The van der Waals surface area contributed by atoms with Crippen molar-refractivity contribution in [3.8, 4) is 11.3 Å². The van der Waals surface area contributed by atoms with E-state index in [-0.39, 0.29) is 0 Å². The van der Waals surface area contributed by atoms with Crippen molar-refractivity contribution < 1.29 is 0 Å². The van der Waals surface area contributed by atoms with E-state index in [1.807, 2.05) is 25.6 Å². The maximum atomic E-state index is 5.79. The maximum absolute atomic E-state index is 5.79. The maximum Gasteiger partial charge on any atom is 0.198 e. The highest BCUT2D eigenvalue weighted by molar-refractivity contribution is 5.69. The topological polar surface area (TPSA) is 90.2 Å². The summed E-state index contributed by atoms with van der Waals surface area (Å²) in [5, 5.41) is 8.52. The SMILES string of the molecule is Cn1cc(-c2cn3ncnc3c(N3CCC(CN)CC3)n2)cn1. The van der Waals surface area contributed by atoms with Crippen LogP contribution in [0.3, 0.4) is 0 Å². The third-order valence-corrected chi connectivity index (χ3v) is 4.49. The molecule has 0 aromatic carbocycles. The number of rotatable bonds is 3. The Kier molecular flexibility index (Phi) is 3.45. The molecular weight excluding hydrogens is 292 g/mol. The summed E-state index contributed by atoms with van der Waals surface area (Å²) in [6.45, 7) is 2.67. The number of nitrogens with zero attached hydrogens (tertiary/aromatic N) is 7. The molecular formula is C15H20N8. The standard InChI is InChI=1S/C15H20N8/c1-21-8-12(7-18-21)13-9-23-14(17-10-19-23)15(20-13)22-4-2-11(6-16)3-5-22/h7-11H,2-6,16H2,1H3.